The Hall–Kier alpha value is -3.01. The van der Waals surface area contributed by atoms with E-state index in [0.717, 1.165) is 12.3 Å². The second-order valence-corrected chi connectivity index (χ2v) is 3.85. The van der Waals surface area contributed by atoms with Crippen LogP contribution in [0.2, 0.25) is 0 Å². The number of ether oxygens (including phenoxy) is 1. The second-order valence-electron chi connectivity index (χ2n) is 3.85. The highest BCUT2D eigenvalue weighted by Gasteiger charge is 2.16. The lowest BCUT2D eigenvalue weighted by Crippen LogP contribution is -2.00. The van der Waals surface area contributed by atoms with Gasteiger partial charge in [0.15, 0.2) is 5.75 Å². The van der Waals surface area contributed by atoms with Gasteiger partial charge < -0.3 is 4.74 Å². The third kappa shape index (κ3) is 3.05. The van der Waals surface area contributed by atoms with E-state index >= 15 is 0 Å². The first-order valence-corrected chi connectivity index (χ1v) is 5.51. The lowest BCUT2D eigenvalue weighted by molar-refractivity contribution is -0.386. The number of hydrogen-bond donors (Lipinski definition) is 0. The highest BCUT2D eigenvalue weighted by Crippen LogP contribution is 2.28. The summed E-state index contributed by atoms with van der Waals surface area (Å²) in [6.45, 7) is -0.0580. The van der Waals surface area contributed by atoms with Crippen LogP contribution in [0.25, 0.3) is 0 Å². The average Bonchev–Trinajstić information content (AvgIpc) is 2.45. The summed E-state index contributed by atoms with van der Waals surface area (Å²) in [4.78, 5) is 13.9. The Kier molecular flexibility index (Phi) is 3.86. The molecule has 0 atom stereocenters. The molecule has 0 spiro atoms. The second kappa shape index (κ2) is 5.75. The van der Waals surface area contributed by atoms with E-state index in [-0.39, 0.29) is 23.6 Å². The Morgan fingerprint density at radius 2 is 2.20 bits per heavy atom. The van der Waals surface area contributed by atoms with Crippen molar-refractivity contribution in [1.29, 1.82) is 5.26 Å². The minimum atomic E-state index is -0.639. The fourth-order valence-electron chi connectivity index (χ4n) is 1.55. The van der Waals surface area contributed by atoms with Crippen LogP contribution in [-0.4, -0.2) is 9.91 Å². The number of nitrogens with zero attached hydrogens (tertiary/aromatic N) is 3. The number of nitro benzene ring substituents is 1. The third-order valence-electron chi connectivity index (χ3n) is 2.44. The SMILES string of the molecule is N#Cc1ccc(OCc2cncc(F)c2)c([N+](=O)[O-])c1. The summed E-state index contributed by atoms with van der Waals surface area (Å²) in [5, 5.41) is 19.6. The van der Waals surface area contributed by atoms with E-state index in [1.54, 1.807) is 0 Å². The molecule has 100 valence electrons. The van der Waals surface area contributed by atoms with Gasteiger partial charge in [-0.2, -0.15) is 5.26 Å². The van der Waals surface area contributed by atoms with Crippen molar-refractivity contribution in [1.82, 2.24) is 4.98 Å². The largest absolute Gasteiger partial charge is 0.482 e. The number of halogens is 1. The van der Waals surface area contributed by atoms with E-state index in [9.17, 15) is 14.5 Å². The fourth-order valence-corrected chi connectivity index (χ4v) is 1.55. The van der Waals surface area contributed by atoms with E-state index in [0.29, 0.717) is 5.56 Å². The lowest BCUT2D eigenvalue weighted by Gasteiger charge is -2.06. The molecule has 0 saturated carbocycles. The molecule has 2 rings (SSSR count). The zero-order chi connectivity index (χ0) is 14.5. The Labute approximate surface area is 113 Å². The first-order valence-electron chi connectivity index (χ1n) is 5.51. The first kappa shape index (κ1) is 13.4. The molecule has 2 aromatic rings. The zero-order valence-corrected chi connectivity index (χ0v) is 10.1. The fraction of sp³-hybridized carbons (Fsp3) is 0.0769. The highest BCUT2D eigenvalue weighted by molar-refractivity contribution is 5.51. The summed E-state index contributed by atoms with van der Waals surface area (Å²) in [7, 11) is 0. The van der Waals surface area contributed by atoms with Crippen LogP contribution in [-0.2, 0) is 6.61 Å². The van der Waals surface area contributed by atoms with Gasteiger partial charge in [0.25, 0.3) is 0 Å². The van der Waals surface area contributed by atoms with Crippen molar-refractivity contribution in [3.63, 3.8) is 0 Å². The standard InChI is InChI=1S/C13H8FN3O3/c14-11-3-10(6-16-7-11)8-20-13-2-1-9(5-15)4-12(13)17(18)19/h1-4,6-7H,8H2. The van der Waals surface area contributed by atoms with Crippen molar-refractivity contribution in [3.8, 4) is 11.8 Å². The van der Waals surface area contributed by atoms with Gasteiger partial charge in [-0.15, -0.1) is 0 Å². The molecule has 1 aromatic carbocycles. The van der Waals surface area contributed by atoms with Crippen molar-refractivity contribution in [2.45, 2.75) is 6.61 Å². The van der Waals surface area contributed by atoms with Crippen molar-refractivity contribution < 1.29 is 14.1 Å². The topological polar surface area (TPSA) is 89.0 Å². The summed E-state index contributed by atoms with van der Waals surface area (Å²) in [6, 6.07) is 6.91. The van der Waals surface area contributed by atoms with Crippen molar-refractivity contribution >= 4 is 5.69 Å². The molecule has 0 amide bonds. The van der Waals surface area contributed by atoms with Gasteiger partial charge in [-0.05, 0) is 18.2 Å². The molecule has 0 aliphatic heterocycles. The molecule has 7 heteroatoms. The molecule has 0 unspecified atom stereocenters. The van der Waals surface area contributed by atoms with Crippen LogP contribution in [0.3, 0.4) is 0 Å². The molecule has 1 heterocycles. The van der Waals surface area contributed by atoms with Gasteiger partial charge in [-0.3, -0.25) is 15.1 Å². The predicted octanol–water partition coefficient (Wildman–Crippen LogP) is 2.58. The van der Waals surface area contributed by atoms with E-state index in [1.165, 1.54) is 24.4 Å². The van der Waals surface area contributed by atoms with Gasteiger partial charge >= 0.3 is 5.69 Å². The monoisotopic (exact) mass is 273 g/mol. The predicted molar refractivity (Wildman–Crippen MR) is 66.3 cm³/mol. The van der Waals surface area contributed by atoms with Crippen LogP contribution in [0, 0.1) is 27.3 Å². The highest BCUT2D eigenvalue weighted by atomic mass is 19.1. The van der Waals surface area contributed by atoms with Crippen LogP contribution in [0.4, 0.5) is 10.1 Å². The van der Waals surface area contributed by atoms with Crippen LogP contribution < -0.4 is 4.74 Å². The maximum Gasteiger partial charge on any atom is 0.312 e. The number of hydrogen-bond acceptors (Lipinski definition) is 5. The van der Waals surface area contributed by atoms with Crippen molar-refractivity contribution in [3.05, 3.63) is 63.7 Å². The van der Waals surface area contributed by atoms with Crippen molar-refractivity contribution in [2.75, 3.05) is 0 Å². The summed E-state index contributed by atoms with van der Waals surface area (Å²) in [5.74, 6) is -0.501. The van der Waals surface area contributed by atoms with E-state index in [2.05, 4.69) is 4.98 Å². The normalized spacial score (nSPS) is 9.80. The number of nitro groups is 1. The molecule has 0 aliphatic carbocycles. The quantitative estimate of drug-likeness (QED) is 0.630. The molecule has 1 aromatic heterocycles. The van der Waals surface area contributed by atoms with E-state index in [4.69, 9.17) is 10.00 Å². The average molecular weight is 273 g/mol. The number of nitriles is 1. The summed E-state index contributed by atoms with van der Waals surface area (Å²) < 4.78 is 18.2. The molecule has 0 bridgehead atoms. The molecule has 0 aliphatic rings. The third-order valence-corrected chi connectivity index (χ3v) is 2.44. The molecule has 0 radical (unpaired) electrons. The van der Waals surface area contributed by atoms with Crippen LogP contribution in [0.15, 0.2) is 36.7 Å². The molecular weight excluding hydrogens is 265 g/mol. The maximum absolute atomic E-state index is 12.9. The van der Waals surface area contributed by atoms with Gasteiger partial charge in [0.2, 0.25) is 0 Å². The van der Waals surface area contributed by atoms with Crippen molar-refractivity contribution in [2.24, 2.45) is 0 Å². The van der Waals surface area contributed by atoms with Gasteiger partial charge in [0.05, 0.1) is 22.8 Å². The molecule has 0 N–H and O–H groups in total. The Bertz CT molecular complexity index is 698. The van der Waals surface area contributed by atoms with Crippen LogP contribution >= 0.6 is 0 Å². The van der Waals surface area contributed by atoms with Gasteiger partial charge in [-0.1, -0.05) is 0 Å². The minimum Gasteiger partial charge on any atom is -0.482 e. The minimum absolute atomic E-state index is 0.0123. The van der Waals surface area contributed by atoms with Crippen LogP contribution in [0.1, 0.15) is 11.1 Å². The summed E-state index contributed by atoms with van der Waals surface area (Å²) in [5.41, 5.74) is 0.300. The Balaban J connectivity index is 2.21. The van der Waals surface area contributed by atoms with Gasteiger partial charge in [-0.25, -0.2) is 4.39 Å². The number of rotatable bonds is 4. The Morgan fingerprint density at radius 1 is 1.40 bits per heavy atom. The van der Waals surface area contributed by atoms with E-state index in [1.807, 2.05) is 6.07 Å². The lowest BCUT2D eigenvalue weighted by atomic mass is 10.2. The number of benzene rings is 1. The molecule has 0 saturated heterocycles. The molecule has 20 heavy (non-hydrogen) atoms. The van der Waals surface area contributed by atoms with Gasteiger partial charge in [0, 0.05) is 17.8 Å². The smallest absolute Gasteiger partial charge is 0.312 e. The molecule has 6 nitrogen and oxygen atoms in total. The summed E-state index contributed by atoms with van der Waals surface area (Å²) in [6.07, 6.45) is 2.45. The molecule has 0 fully saturated rings. The first-order chi connectivity index (χ1) is 9.60. The maximum atomic E-state index is 12.9. The van der Waals surface area contributed by atoms with E-state index < -0.39 is 10.7 Å². The summed E-state index contributed by atoms with van der Waals surface area (Å²) >= 11 is 0. The Morgan fingerprint density at radius 3 is 2.85 bits per heavy atom. The van der Waals surface area contributed by atoms with Gasteiger partial charge in [0.1, 0.15) is 12.4 Å². The van der Waals surface area contributed by atoms with Crippen LogP contribution in [0.5, 0.6) is 5.75 Å². The zero-order valence-electron chi connectivity index (χ0n) is 10.1. The number of pyridine rings is 1. The number of aromatic nitrogens is 1. The molecular formula is C13H8FN3O3.